The minimum absolute atomic E-state index is 0.778. The molecule has 1 aromatic carbocycles. The number of benzene rings is 1. The fourth-order valence-electron chi connectivity index (χ4n) is 1.96. The molecule has 0 radical (unpaired) electrons. The minimum Gasteiger partial charge on any atom is -0.482 e. The van der Waals surface area contributed by atoms with E-state index >= 15 is 0 Å². The Morgan fingerprint density at radius 2 is 1.94 bits per heavy atom. The molecule has 3 heterocycles. The molecule has 0 unspecified atom stereocenters. The fraction of sp³-hybridized carbons (Fsp3) is 0.143. The van der Waals surface area contributed by atoms with Gasteiger partial charge in [-0.3, -0.25) is 9.98 Å². The maximum atomic E-state index is 4.65. The number of H-pyrrole nitrogens is 1. The largest absolute Gasteiger partial charge is 0.482 e. The standard InChI is InChI=1S/C11H8N2.C3H5NO/c1-2-4-10-8(3-1)9-5-6-12-7-11(9)13-10;1-2-5-3-4-1/h1-7,13H;3H,1-2H2. The zero-order valence-corrected chi connectivity index (χ0v) is 9.84. The first-order chi connectivity index (χ1) is 8.95. The van der Waals surface area contributed by atoms with Gasteiger partial charge >= 0.3 is 0 Å². The van der Waals surface area contributed by atoms with Crippen molar-refractivity contribution in [3.63, 3.8) is 0 Å². The summed E-state index contributed by atoms with van der Waals surface area (Å²) in [4.78, 5) is 11.1. The lowest BCUT2D eigenvalue weighted by Gasteiger charge is -1.87. The molecule has 1 aliphatic rings. The Balaban J connectivity index is 0.000000169. The van der Waals surface area contributed by atoms with Crippen molar-refractivity contribution >= 4 is 28.2 Å². The average molecular weight is 239 g/mol. The van der Waals surface area contributed by atoms with Crippen molar-refractivity contribution in [1.29, 1.82) is 0 Å². The monoisotopic (exact) mass is 239 g/mol. The second-order valence-electron chi connectivity index (χ2n) is 3.97. The van der Waals surface area contributed by atoms with Crippen LogP contribution in [0.15, 0.2) is 47.7 Å². The van der Waals surface area contributed by atoms with E-state index in [9.17, 15) is 0 Å². The van der Waals surface area contributed by atoms with E-state index in [1.165, 1.54) is 22.7 Å². The fourth-order valence-corrected chi connectivity index (χ4v) is 1.96. The predicted octanol–water partition coefficient (Wildman–Crippen LogP) is 2.76. The highest BCUT2D eigenvalue weighted by Crippen LogP contribution is 2.23. The number of rotatable bonds is 0. The topological polar surface area (TPSA) is 50.3 Å². The molecule has 1 N–H and O–H groups in total. The molecule has 0 saturated carbocycles. The first-order valence-corrected chi connectivity index (χ1v) is 5.85. The van der Waals surface area contributed by atoms with Crippen LogP contribution in [0, 0.1) is 0 Å². The van der Waals surface area contributed by atoms with Gasteiger partial charge in [0.1, 0.15) is 6.61 Å². The smallest absolute Gasteiger partial charge is 0.169 e. The molecule has 0 amide bonds. The lowest BCUT2D eigenvalue weighted by atomic mass is 10.2. The van der Waals surface area contributed by atoms with Gasteiger partial charge in [-0.25, -0.2) is 0 Å². The number of aliphatic imine (C=N–C) groups is 1. The van der Waals surface area contributed by atoms with Crippen molar-refractivity contribution in [2.24, 2.45) is 4.99 Å². The summed E-state index contributed by atoms with van der Waals surface area (Å²) in [6, 6.07) is 10.3. The van der Waals surface area contributed by atoms with Gasteiger partial charge in [0.15, 0.2) is 6.40 Å². The quantitative estimate of drug-likeness (QED) is 0.655. The van der Waals surface area contributed by atoms with E-state index in [1.807, 2.05) is 24.5 Å². The molecule has 18 heavy (non-hydrogen) atoms. The number of nitrogens with one attached hydrogen (secondary N) is 1. The SMILES string of the molecule is C1=NCCO1.c1ccc2c(c1)[nH]c1cnccc12. The predicted molar refractivity (Wildman–Crippen MR) is 72.9 cm³/mol. The molecule has 4 nitrogen and oxygen atoms in total. The maximum Gasteiger partial charge on any atom is 0.169 e. The Kier molecular flexibility index (Phi) is 2.92. The van der Waals surface area contributed by atoms with Crippen molar-refractivity contribution in [3.05, 3.63) is 42.7 Å². The van der Waals surface area contributed by atoms with Gasteiger partial charge in [-0.2, -0.15) is 0 Å². The Hall–Kier alpha value is -2.36. The van der Waals surface area contributed by atoms with Crippen LogP contribution in [0.2, 0.25) is 0 Å². The summed E-state index contributed by atoms with van der Waals surface area (Å²) in [6.07, 6.45) is 5.16. The molecule has 0 fully saturated rings. The Bertz CT molecular complexity index is 631. The highest BCUT2D eigenvalue weighted by atomic mass is 16.5. The summed E-state index contributed by atoms with van der Waals surface area (Å²) in [6.45, 7) is 1.62. The van der Waals surface area contributed by atoms with E-state index in [0.29, 0.717) is 0 Å². The van der Waals surface area contributed by atoms with Gasteiger partial charge in [0.25, 0.3) is 0 Å². The molecule has 0 bridgehead atoms. The molecule has 3 aromatic rings. The van der Waals surface area contributed by atoms with Crippen LogP contribution in [-0.2, 0) is 4.74 Å². The van der Waals surface area contributed by atoms with E-state index in [0.717, 1.165) is 18.7 Å². The maximum absolute atomic E-state index is 4.65. The molecule has 4 rings (SSSR count). The summed E-state index contributed by atoms with van der Waals surface area (Å²) in [7, 11) is 0. The number of para-hydroxylation sites is 1. The van der Waals surface area contributed by atoms with Gasteiger partial charge in [0.05, 0.1) is 18.3 Å². The highest BCUT2D eigenvalue weighted by Gasteiger charge is 2.00. The number of ether oxygens (including phenoxy) is 1. The number of aromatic amines is 1. The van der Waals surface area contributed by atoms with E-state index < -0.39 is 0 Å². The summed E-state index contributed by atoms with van der Waals surface area (Å²) in [5, 5.41) is 2.51. The summed E-state index contributed by atoms with van der Waals surface area (Å²) < 4.78 is 4.65. The zero-order chi connectivity index (χ0) is 12.2. The number of hydrogen-bond donors (Lipinski definition) is 1. The van der Waals surface area contributed by atoms with E-state index in [2.05, 4.69) is 37.9 Å². The molecule has 1 aliphatic heterocycles. The van der Waals surface area contributed by atoms with Crippen molar-refractivity contribution in [2.75, 3.05) is 13.2 Å². The summed E-state index contributed by atoms with van der Waals surface area (Å²) in [5.74, 6) is 0. The molecular weight excluding hydrogens is 226 g/mol. The van der Waals surface area contributed by atoms with Crippen LogP contribution < -0.4 is 0 Å². The number of fused-ring (bicyclic) bond motifs is 3. The van der Waals surface area contributed by atoms with Gasteiger partial charge in [-0.15, -0.1) is 0 Å². The first-order valence-electron chi connectivity index (χ1n) is 5.85. The van der Waals surface area contributed by atoms with Crippen molar-refractivity contribution in [2.45, 2.75) is 0 Å². The van der Waals surface area contributed by atoms with Crippen LogP contribution in [0.3, 0.4) is 0 Å². The molecule has 2 aromatic heterocycles. The lowest BCUT2D eigenvalue weighted by Crippen LogP contribution is -1.80. The number of nitrogens with zero attached hydrogens (tertiary/aromatic N) is 2. The third kappa shape index (κ3) is 2.05. The lowest BCUT2D eigenvalue weighted by molar-refractivity contribution is 0.361. The van der Waals surface area contributed by atoms with Gasteiger partial charge < -0.3 is 9.72 Å². The van der Waals surface area contributed by atoms with Crippen LogP contribution in [0.25, 0.3) is 21.8 Å². The number of hydrogen-bond acceptors (Lipinski definition) is 3. The van der Waals surface area contributed by atoms with Crippen LogP contribution >= 0.6 is 0 Å². The van der Waals surface area contributed by atoms with Gasteiger partial charge in [0, 0.05) is 22.5 Å². The number of aromatic nitrogens is 2. The first kappa shape index (κ1) is 10.8. The molecular formula is C14H13N3O. The Morgan fingerprint density at radius 3 is 2.72 bits per heavy atom. The summed E-state index contributed by atoms with van der Waals surface area (Å²) in [5.41, 5.74) is 2.27. The van der Waals surface area contributed by atoms with E-state index in [1.54, 1.807) is 0 Å². The third-order valence-corrected chi connectivity index (χ3v) is 2.79. The van der Waals surface area contributed by atoms with Crippen LogP contribution in [0.1, 0.15) is 0 Å². The second kappa shape index (κ2) is 4.87. The summed E-state index contributed by atoms with van der Waals surface area (Å²) >= 11 is 0. The zero-order valence-electron chi connectivity index (χ0n) is 9.84. The van der Waals surface area contributed by atoms with E-state index in [-0.39, 0.29) is 0 Å². The normalized spacial score (nSPS) is 13.3. The van der Waals surface area contributed by atoms with E-state index in [4.69, 9.17) is 0 Å². The van der Waals surface area contributed by atoms with Crippen molar-refractivity contribution < 1.29 is 4.74 Å². The third-order valence-electron chi connectivity index (χ3n) is 2.79. The van der Waals surface area contributed by atoms with Gasteiger partial charge in [-0.05, 0) is 12.1 Å². The molecule has 0 aliphatic carbocycles. The minimum atomic E-state index is 0.778. The molecule has 0 spiro atoms. The van der Waals surface area contributed by atoms with Crippen molar-refractivity contribution in [3.8, 4) is 0 Å². The van der Waals surface area contributed by atoms with Crippen LogP contribution in [0.4, 0.5) is 0 Å². The van der Waals surface area contributed by atoms with Crippen LogP contribution in [-0.4, -0.2) is 29.5 Å². The Labute approximate surface area is 104 Å². The van der Waals surface area contributed by atoms with Crippen molar-refractivity contribution in [1.82, 2.24) is 9.97 Å². The van der Waals surface area contributed by atoms with Gasteiger partial charge in [0.2, 0.25) is 0 Å². The second-order valence-corrected chi connectivity index (χ2v) is 3.97. The highest BCUT2D eigenvalue weighted by molar-refractivity contribution is 6.06. The molecule has 90 valence electrons. The molecule has 0 saturated heterocycles. The van der Waals surface area contributed by atoms with Gasteiger partial charge in [-0.1, -0.05) is 18.2 Å². The molecule has 0 atom stereocenters. The Morgan fingerprint density at radius 1 is 1.06 bits per heavy atom. The number of pyridine rings is 1. The average Bonchev–Trinajstić information content (AvgIpc) is 3.10. The van der Waals surface area contributed by atoms with Crippen LogP contribution in [0.5, 0.6) is 0 Å². The molecule has 4 heteroatoms.